The molecule has 1 aliphatic rings. The molecule has 20 heavy (non-hydrogen) atoms. The van der Waals surface area contributed by atoms with E-state index in [1.54, 1.807) is 0 Å². The van der Waals surface area contributed by atoms with Gasteiger partial charge in [-0.1, -0.05) is 26.2 Å². The van der Waals surface area contributed by atoms with E-state index in [-0.39, 0.29) is 11.5 Å². The maximum atomic E-state index is 11.9. The second kappa shape index (κ2) is 5.26. The molecule has 0 amide bonds. The quantitative estimate of drug-likeness (QED) is 0.818. The molecule has 6 nitrogen and oxygen atoms in total. The molecule has 0 aromatic carbocycles. The lowest BCUT2D eigenvalue weighted by molar-refractivity contribution is 0.404. The molecule has 0 aliphatic heterocycles. The van der Waals surface area contributed by atoms with Crippen molar-refractivity contribution in [1.82, 2.24) is 19.5 Å². The van der Waals surface area contributed by atoms with Crippen molar-refractivity contribution in [2.24, 2.45) is 0 Å². The van der Waals surface area contributed by atoms with Gasteiger partial charge in [0.1, 0.15) is 5.82 Å². The van der Waals surface area contributed by atoms with E-state index in [0.29, 0.717) is 17.1 Å². The molecule has 6 heteroatoms. The number of rotatable bonds is 5. The average Bonchev–Trinajstić information content (AvgIpc) is 2.76. The molecule has 2 aromatic rings. The lowest BCUT2D eigenvalue weighted by Crippen LogP contribution is -2.18. The minimum Gasteiger partial charge on any atom is -0.369 e. The van der Waals surface area contributed by atoms with Crippen molar-refractivity contribution in [2.75, 3.05) is 5.73 Å². The summed E-state index contributed by atoms with van der Waals surface area (Å²) < 4.78 is 1.87. The molecule has 1 fully saturated rings. The number of aromatic nitrogens is 4. The van der Waals surface area contributed by atoms with Crippen LogP contribution in [-0.2, 0) is 6.54 Å². The summed E-state index contributed by atoms with van der Waals surface area (Å²) >= 11 is 0. The van der Waals surface area contributed by atoms with Crippen LogP contribution in [0.2, 0.25) is 0 Å². The topological polar surface area (TPSA) is 89.6 Å². The molecule has 0 unspecified atom stereocenters. The molecule has 3 rings (SSSR count). The number of H-pyrrole nitrogens is 1. The maximum absolute atomic E-state index is 11.9. The number of nitrogens with zero attached hydrogens (tertiary/aromatic N) is 3. The highest BCUT2D eigenvalue weighted by Gasteiger charge is 2.24. The molecule has 1 saturated carbocycles. The highest BCUT2D eigenvalue weighted by atomic mass is 16.1. The molecule has 1 aliphatic carbocycles. The Morgan fingerprint density at radius 3 is 2.80 bits per heavy atom. The Labute approximate surface area is 117 Å². The number of unbranched alkanes of at least 4 members (excludes halogenated alkanes) is 2. The van der Waals surface area contributed by atoms with E-state index in [0.717, 1.165) is 44.5 Å². The summed E-state index contributed by atoms with van der Waals surface area (Å²) in [5.74, 6) is 1.65. The Bertz CT molecular complexity index is 668. The van der Waals surface area contributed by atoms with Gasteiger partial charge < -0.3 is 10.7 Å². The summed E-state index contributed by atoms with van der Waals surface area (Å²) in [5.41, 5.74) is 6.76. The van der Waals surface area contributed by atoms with Gasteiger partial charge in [-0.25, -0.2) is 4.98 Å². The molecule has 108 valence electrons. The number of nitrogens with two attached hydrogens (primary N) is 1. The first-order valence-electron chi connectivity index (χ1n) is 7.46. The van der Waals surface area contributed by atoms with Crippen LogP contribution in [0.3, 0.4) is 0 Å². The number of nitrogen functional groups attached to an aromatic ring is 1. The lowest BCUT2D eigenvalue weighted by atomic mass is 9.85. The first-order valence-corrected chi connectivity index (χ1v) is 7.46. The van der Waals surface area contributed by atoms with E-state index in [1.165, 1.54) is 6.42 Å². The van der Waals surface area contributed by atoms with E-state index in [2.05, 4.69) is 21.9 Å². The molecule has 2 aromatic heterocycles. The monoisotopic (exact) mass is 275 g/mol. The number of hydrogen-bond donors (Lipinski definition) is 2. The predicted molar refractivity (Wildman–Crippen MR) is 78.7 cm³/mol. The van der Waals surface area contributed by atoms with Gasteiger partial charge in [0.15, 0.2) is 11.2 Å². The molecule has 2 heterocycles. The zero-order valence-electron chi connectivity index (χ0n) is 11.9. The van der Waals surface area contributed by atoms with E-state index >= 15 is 0 Å². The summed E-state index contributed by atoms with van der Waals surface area (Å²) in [5, 5.41) is 0. The molecular weight excluding hydrogens is 254 g/mol. The highest BCUT2D eigenvalue weighted by molar-refractivity contribution is 5.71. The van der Waals surface area contributed by atoms with E-state index < -0.39 is 0 Å². The summed E-state index contributed by atoms with van der Waals surface area (Å²) in [6.45, 7) is 2.92. The number of aromatic amines is 1. The second-order valence-corrected chi connectivity index (χ2v) is 5.58. The van der Waals surface area contributed by atoms with Crippen molar-refractivity contribution in [3.63, 3.8) is 0 Å². The normalized spacial score (nSPS) is 15.7. The fourth-order valence-electron chi connectivity index (χ4n) is 2.67. The van der Waals surface area contributed by atoms with Crippen molar-refractivity contribution in [2.45, 2.75) is 57.9 Å². The van der Waals surface area contributed by atoms with Crippen LogP contribution in [-0.4, -0.2) is 19.5 Å². The van der Waals surface area contributed by atoms with Crippen molar-refractivity contribution >= 4 is 17.1 Å². The minimum atomic E-state index is -0.303. The van der Waals surface area contributed by atoms with Crippen LogP contribution in [0.25, 0.3) is 11.2 Å². The Kier molecular flexibility index (Phi) is 3.46. The number of fused-ring (bicyclic) bond motifs is 1. The largest absolute Gasteiger partial charge is 0.369 e. The van der Waals surface area contributed by atoms with Gasteiger partial charge in [0.25, 0.3) is 0 Å². The zero-order valence-corrected chi connectivity index (χ0v) is 11.9. The maximum Gasteiger partial charge on any atom is 0.300 e. The fourth-order valence-corrected chi connectivity index (χ4v) is 2.67. The van der Waals surface area contributed by atoms with Crippen molar-refractivity contribution in [1.29, 1.82) is 0 Å². The van der Waals surface area contributed by atoms with Crippen LogP contribution in [0.4, 0.5) is 5.95 Å². The number of aryl methyl sites for hydroxylation is 1. The Morgan fingerprint density at radius 1 is 1.35 bits per heavy atom. The van der Waals surface area contributed by atoms with Gasteiger partial charge in [0.05, 0.1) is 0 Å². The van der Waals surface area contributed by atoms with Crippen LogP contribution < -0.4 is 11.3 Å². The van der Waals surface area contributed by atoms with Crippen LogP contribution in [0.15, 0.2) is 4.79 Å². The highest BCUT2D eigenvalue weighted by Crippen LogP contribution is 2.35. The Balaban J connectivity index is 2.02. The number of nitrogens with one attached hydrogen (secondary N) is 1. The van der Waals surface area contributed by atoms with E-state index in [1.807, 2.05) is 4.57 Å². The number of anilines is 1. The van der Waals surface area contributed by atoms with Crippen LogP contribution >= 0.6 is 0 Å². The van der Waals surface area contributed by atoms with Gasteiger partial charge in [-0.2, -0.15) is 4.98 Å². The molecule has 0 atom stereocenters. The summed E-state index contributed by atoms with van der Waals surface area (Å²) in [6.07, 6.45) is 6.83. The third-order valence-electron chi connectivity index (χ3n) is 4.14. The number of imidazole rings is 1. The first kappa shape index (κ1) is 13.1. The second-order valence-electron chi connectivity index (χ2n) is 5.58. The molecule has 0 spiro atoms. The van der Waals surface area contributed by atoms with Gasteiger partial charge in [-0.3, -0.25) is 9.36 Å². The SMILES string of the molecule is CCCCCn1c(N)nc(=O)c2[nH]c(C3CCC3)nc21. The Morgan fingerprint density at radius 2 is 2.15 bits per heavy atom. The average molecular weight is 275 g/mol. The Hall–Kier alpha value is -1.85. The van der Waals surface area contributed by atoms with E-state index in [9.17, 15) is 4.79 Å². The molecule has 0 bridgehead atoms. The smallest absolute Gasteiger partial charge is 0.300 e. The standard InChI is InChI=1S/C14H21N5O/c1-2-3-4-8-19-12-10(13(20)18-14(19)15)16-11(17-12)9-6-5-7-9/h9H,2-8H2,1H3,(H,16,17)(H2,15,18,20). The molecule has 0 radical (unpaired) electrons. The van der Waals surface area contributed by atoms with Gasteiger partial charge in [0, 0.05) is 12.5 Å². The minimum absolute atomic E-state index is 0.269. The zero-order chi connectivity index (χ0) is 14.1. The summed E-state index contributed by atoms with van der Waals surface area (Å²) in [4.78, 5) is 23.6. The summed E-state index contributed by atoms with van der Waals surface area (Å²) in [6, 6.07) is 0. The van der Waals surface area contributed by atoms with Crippen LogP contribution in [0.1, 0.15) is 57.2 Å². The molecular formula is C14H21N5O. The fraction of sp³-hybridized carbons (Fsp3) is 0.643. The number of hydrogen-bond acceptors (Lipinski definition) is 4. The third-order valence-corrected chi connectivity index (χ3v) is 4.14. The van der Waals surface area contributed by atoms with Gasteiger partial charge in [-0.15, -0.1) is 0 Å². The first-order chi connectivity index (χ1) is 9.70. The summed E-state index contributed by atoms with van der Waals surface area (Å²) in [7, 11) is 0. The van der Waals surface area contributed by atoms with Gasteiger partial charge in [0.2, 0.25) is 5.95 Å². The van der Waals surface area contributed by atoms with Crippen LogP contribution in [0, 0.1) is 0 Å². The van der Waals surface area contributed by atoms with E-state index in [4.69, 9.17) is 5.73 Å². The van der Waals surface area contributed by atoms with Crippen molar-refractivity contribution in [3.8, 4) is 0 Å². The van der Waals surface area contributed by atoms with Crippen molar-refractivity contribution < 1.29 is 0 Å². The van der Waals surface area contributed by atoms with Gasteiger partial charge >= 0.3 is 5.56 Å². The predicted octanol–water partition coefficient (Wildman–Crippen LogP) is 2.16. The lowest BCUT2D eigenvalue weighted by Gasteiger charge is -2.22. The van der Waals surface area contributed by atoms with Crippen molar-refractivity contribution in [3.05, 3.63) is 16.2 Å². The van der Waals surface area contributed by atoms with Crippen LogP contribution in [0.5, 0.6) is 0 Å². The van der Waals surface area contributed by atoms with Gasteiger partial charge in [-0.05, 0) is 19.3 Å². The molecule has 3 N–H and O–H groups in total. The third kappa shape index (κ3) is 2.19. The molecule has 0 saturated heterocycles.